The van der Waals surface area contributed by atoms with Gasteiger partial charge in [-0.15, -0.1) is 5.10 Å². The molecule has 2 aliphatic rings. The average Bonchev–Trinajstić information content (AvgIpc) is 3.24. The first kappa shape index (κ1) is 18.8. The molecule has 0 aromatic heterocycles. The molecule has 27 heavy (non-hydrogen) atoms. The van der Waals surface area contributed by atoms with E-state index < -0.39 is 16.1 Å². The maximum Gasteiger partial charge on any atom is 0.305 e. The van der Waals surface area contributed by atoms with Crippen LogP contribution in [-0.2, 0) is 9.59 Å². The quantitative estimate of drug-likeness (QED) is 0.345. The summed E-state index contributed by atoms with van der Waals surface area (Å²) in [5, 5.41) is 27.5. The summed E-state index contributed by atoms with van der Waals surface area (Å²) in [6, 6.07) is 5.77. The summed E-state index contributed by atoms with van der Waals surface area (Å²) in [5.41, 5.74) is 0.438. The molecule has 1 heterocycles. The van der Waals surface area contributed by atoms with Gasteiger partial charge in [0.05, 0.1) is 23.6 Å². The lowest BCUT2D eigenvalue weighted by molar-refractivity contribution is -0.384. The maximum absolute atomic E-state index is 12.6. The van der Waals surface area contributed by atoms with Crippen molar-refractivity contribution in [3.8, 4) is 0 Å². The number of rotatable bonds is 6. The summed E-state index contributed by atoms with van der Waals surface area (Å²) in [7, 11) is 0. The predicted octanol–water partition coefficient (Wildman–Crippen LogP) is 2.42. The fraction of sp³-hybridized carbons (Fsp3) is 0.294. The number of nitro benzene ring substituents is 1. The van der Waals surface area contributed by atoms with Crippen molar-refractivity contribution in [1.29, 1.82) is 0 Å². The van der Waals surface area contributed by atoms with E-state index in [0.29, 0.717) is 10.7 Å². The van der Waals surface area contributed by atoms with Gasteiger partial charge >= 0.3 is 5.97 Å². The van der Waals surface area contributed by atoms with Crippen LogP contribution < -0.4 is 0 Å². The second-order valence-electron chi connectivity index (χ2n) is 5.96. The van der Waals surface area contributed by atoms with Crippen LogP contribution >= 0.6 is 11.8 Å². The molecule has 1 aliphatic heterocycles. The van der Waals surface area contributed by atoms with Gasteiger partial charge in [-0.2, -0.15) is 5.10 Å². The number of nitro groups is 1. The largest absolute Gasteiger partial charge is 0.481 e. The number of aliphatic carboxylic acids is 1. The number of carbonyl (C=O) groups is 2. The Labute approximate surface area is 158 Å². The second-order valence-corrected chi connectivity index (χ2v) is 7.13. The van der Waals surface area contributed by atoms with Crippen molar-refractivity contribution in [3.05, 3.63) is 52.1 Å². The van der Waals surface area contributed by atoms with Gasteiger partial charge in [-0.05, 0) is 12.8 Å². The van der Waals surface area contributed by atoms with Crippen molar-refractivity contribution in [2.24, 2.45) is 10.2 Å². The van der Waals surface area contributed by atoms with Gasteiger partial charge in [0.15, 0.2) is 5.17 Å². The van der Waals surface area contributed by atoms with Gasteiger partial charge in [-0.3, -0.25) is 24.6 Å². The molecule has 2 atom stereocenters. The van der Waals surface area contributed by atoms with Gasteiger partial charge in [-0.25, -0.2) is 0 Å². The highest BCUT2D eigenvalue weighted by Gasteiger charge is 2.42. The number of carboxylic acid groups (broad SMARTS) is 1. The van der Waals surface area contributed by atoms with E-state index in [0.717, 1.165) is 24.6 Å². The predicted molar refractivity (Wildman–Crippen MR) is 101 cm³/mol. The van der Waals surface area contributed by atoms with Crippen molar-refractivity contribution in [1.82, 2.24) is 4.90 Å². The molecule has 10 heteroatoms. The zero-order valence-electron chi connectivity index (χ0n) is 14.1. The molecule has 1 fully saturated rings. The molecule has 9 nitrogen and oxygen atoms in total. The number of nitrogens with zero attached hydrogens (tertiary/aromatic N) is 4. The van der Waals surface area contributed by atoms with E-state index >= 15 is 0 Å². The summed E-state index contributed by atoms with van der Waals surface area (Å²) >= 11 is 1.07. The number of allylic oxidation sites excluding steroid dienone is 1. The molecule has 1 aromatic rings. The minimum atomic E-state index is -1.05. The topological polar surface area (TPSA) is 125 Å². The molecular formula is C17H16N4O5S. The summed E-state index contributed by atoms with van der Waals surface area (Å²) in [5.74, 6) is -1.34. The Morgan fingerprint density at radius 2 is 2.30 bits per heavy atom. The van der Waals surface area contributed by atoms with Gasteiger partial charge in [0.2, 0.25) is 5.91 Å². The van der Waals surface area contributed by atoms with Gasteiger partial charge in [0.25, 0.3) is 5.69 Å². The van der Waals surface area contributed by atoms with Crippen LogP contribution in [0.25, 0.3) is 0 Å². The van der Waals surface area contributed by atoms with E-state index in [9.17, 15) is 19.7 Å². The van der Waals surface area contributed by atoms with E-state index in [1.807, 2.05) is 12.2 Å². The smallest absolute Gasteiger partial charge is 0.305 e. The Bertz CT molecular complexity index is 867. The Hall–Kier alpha value is -3.01. The molecule has 0 unspecified atom stereocenters. The van der Waals surface area contributed by atoms with Crippen LogP contribution in [0, 0.1) is 10.1 Å². The van der Waals surface area contributed by atoms with Crippen molar-refractivity contribution in [2.45, 2.75) is 30.6 Å². The van der Waals surface area contributed by atoms with E-state index in [4.69, 9.17) is 5.11 Å². The van der Waals surface area contributed by atoms with Gasteiger partial charge in [0.1, 0.15) is 5.25 Å². The molecule has 0 spiro atoms. The molecule has 0 radical (unpaired) electrons. The van der Waals surface area contributed by atoms with E-state index in [1.54, 1.807) is 12.1 Å². The van der Waals surface area contributed by atoms with E-state index in [1.165, 1.54) is 23.2 Å². The first-order valence-corrected chi connectivity index (χ1v) is 9.07. The number of amides is 1. The number of carbonyl (C=O) groups excluding carboxylic acids is 1. The van der Waals surface area contributed by atoms with Crippen LogP contribution in [-0.4, -0.2) is 49.5 Å². The summed E-state index contributed by atoms with van der Waals surface area (Å²) in [4.78, 5) is 35.4. The number of amidine groups is 1. The number of benzene rings is 1. The lowest BCUT2D eigenvalue weighted by Gasteiger charge is -2.21. The van der Waals surface area contributed by atoms with E-state index in [-0.39, 0.29) is 24.1 Å². The summed E-state index contributed by atoms with van der Waals surface area (Å²) in [6.07, 6.45) is 6.54. The van der Waals surface area contributed by atoms with Crippen LogP contribution in [0.15, 0.2) is 46.6 Å². The van der Waals surface area contributed by atoms with Gasteiger partial charge in [0, 0.05) is 17.7 Å². The highest BCUT2D eigenvalue weighted by Crippen LogP contribution is 2.34. The summed E-state index contributed by atoms with van der Waals surface area (Å²) in [6.45, 7) is 0. The van der Waals surface area contributed by atoms with Crippen molar-refractivity contribution >= 4 is 40.7 Å². The monoisotopic (exact) mass is 388 g/mol. The first-order chi connectivity index (χ1) is 13.0. The molecule has 140 valence electrons. The van der Waals surface area contributed by atoms with Crippen molar-refractivity contribution < 1.29 is 19.6 Å². The third-order valence-electron chi connectivity index (χ3n) is 4.08. The number of non-ortho nitro benzene ring substituents is 1. The van der Waals surface area contributed by atoms with Crippen LogP contribution in [0.4, 0.5) is 5.69 Å². The zero-order valence-corrected chi connectivity index (χ0v) is 14.9. The second kappa shape index (κ2) is 8.12. The van der Waals surface area contributed by atoms with Crippen LogP contribution in [0.2, 0.25) is 0 Å². The zero-order chi connectivity index (χ0) is 19.4. The lowest BCUT2D eigenvalue weighted by Crippen LogP contribution is -2.39. The standard InChI is InChI=1S/C17H16N4O5S/c22-15(23)9-14-16(24)20(12-5-1-2-6-12)17(27-14)19-18-10-11-4-3-7-13(8-11)21(25)26/h1,3-5,7-8,10,12,14H,2,6,9H2,(H,22,23)/b18-10-,19-17+/t12-,14-/m1/s1. The van der Waals surface area contributed by atoms with Gasteiger partial charge < -0.3 is 5.11 Å². The Morgan fingerprint density at radius 3 is 2.96 bits per heavy atom. The van der Waals surface area contributed by atoms with Crippen LogP contribution in [0.5, 0.6) is 0 Å². The molecular weight excluding hydrogens is 372 g/mol. The van der Waals surface area contributed by atoms with E-state index in [2.05, 4.69) is 10.2 Å². The number of hydrogen-bond acceptors (Lipinski definition) is 7. The molecule has 1 aliphatic carbocycles. The highest BCUT2D eigenvalue weighted by molar-refractivity contribution is 8.15. The van der Waals surface area contributed by atoms with Crippen LogP contribution in [0.3, 0.4) is 0 Å². The Morgan fingerprint density at radius 1 is 1.48 bits per heavy atom. The first-order valence-electron chi connectivity index (χ1n) is 8.19. The Kier molecular flexibility index (Phi) is 5.65. The molecule has 0 saturated carbocycles. The maximum atomic E-state index is 12.6. The van der Waals surface area contributed by atoms with Crippen LogP contribution in [0.1, 0.15) is 24.8 Å². The number of carboxylic acids is 1. The number of hydrogen-bond donors (Lipinski definition) is 1. The molecule has 0 bridgehead atoms. The molecule has 1 N–H and O–H groups in total. The lowest BCUT2D eigenvalue weighted by atomic mass is 10.2. The van der Waals surface area contributed by atoms with Crippen molar-refractivity contribution in [2.75, 3.05) is 0 Å². The average molecular weight is 388 g/mol. The normalized spacial score (nSPS) is 23.6. The minimum Gasteiger partial charge on any atom is -0.481 e. The Balaban J connectivity index is 1.82. The third-order valence-corrected chi connectivity index (χ3v) is 5.22. The molecule has 1 amide bonds. The van der Waals surface area contributed by atoms with Crippen molar-refractivity contribution in [3.63, 3.8) is 0 Å². The fourth-order valence-corrected chi connectivity index (χ4v) is 3.97. The number of thioether (sulfide) groups is 1. The van der Waals surface area contributed by atoms with Gasteiger partial charge in [-0.1, -0.05) is 36.0 Å². The molecule has 3 rings (SSSR count). The fourth-order valence-electron chi connectivity index (χ4n) is 2.84. The molecule has 1 aromatic carbocycles. The molecule has 1 saturated heterocycles. The third kappa shape index (κ3) is 4.40. The highest BCUT2D eigenvalue weighted by atomic mass is 32.2. The summed E-state index contributed by atoms with van der Waals surface area (Å²) < 4.78 is 0. The SMILES string of the molecule is O=C(O)C[C@H]1S/C(=N/N=C\c2cccc([N+](=O)[O-])c2)N([C@@H]2C=CCC2)C1=O. The minimum absolute atomic E-state index is 0.0590.